The van der Waals surface area contributed by atoms with Crippen LogP contribution in [-0.4, -0.2) is 7.11 Å². The molecule has 0 fully saturated rings. The highest BCUT2D eigenvalue weighted by atomic mass is 16.5. The Morgan fingerprint density at radius 3 is 2.53 bits per heavy atom. The van der Waals surface area contributed by atoms with Gasteiger partial charge in [0.15, 0.2) is 0 Å². The van der Waals surface area contributed by atoms with Crippen LogP contribution in [0.15, 0.2) is 36.4 Å². The fourth-order valence-corrected chi connectivity index (χ4v) is 1.94. The van der Waals surface area contributed by atoms with Crippen LogP contribution >= 0.6 is 0 Å². The molecule has 0 aliphatic carbocycles. The summed E-state index contributed by atoms with van der Waals surface area (Å²) in [5, 5.41) is 12.2. The maximum absolute atomic E-state index is 8.93. The molecule has 2 aromatic rings. The molecule has 0 saturated carbocycles. The fourth-order valence-electron chi connectivity index (χ4n) is 1.94. The lowest BCUT2D eigenvalue weighted by Gasteiger charge is -2.12. The van der Waals surface area contributed by atoms with E-state index < -0.39 is 0 Å². The van der Waals surface area contributed by atoms with Gasteiger partial charge in [-0.2, -0.15) is 5.26 Å². The number of rotatable bonds is 3. The zero-order valence-electron chi connectivity index (χ0n) is 11.3. The highest BCUT2D eigenvalue weighted by Gasteiger charge is 2.05. The molecule has 19 heavy (non-hydrogen) atoms. The first kappa shape index (κ1) is 13.0. The lowest BCUT2D eigenvalue weighted by atomic mass is 10.1. The lowest BCUT2D eigenvalue weighted by molar-refractivity contribution is 0.416. The normalized spacial score (nSPS) is 9.79. The van der Waals surface area contributed by atoms with Crippen LogP contribution in [0, 0.1) is 25.2 Å². The summed E-state index contributed by atoms with van der Waals surface area (Å²) in [5.74, 6) is 0.799. The SMILES string of the molecule is COc1ccc(C)cc1Nc1ccc(C#N)c(C)c1. The second kappa shape index (κ2) is 5.45. The second-order valence-corrected chi connectivity index (χ2v) is 4.47. The highest BCUT2D eigenvalue weighted by molar-refractivity contribution is 5.68. The van der Waals surface area contributed by atoms with Crippen molar-refractivity contribution in [3.8, 4) is 11.8 Å². The maximum Gasteiger partial charge on any atom is 0.142 e. The van der Waals surface area contributed by atoms with Gasteiger partial charge in [-0.05, 0) is 55.3 Å². The van der Waals surface area contributed by atoms with Crippen molar-refractivity contribution in [2.24, 2.45) is 0 Å². The predicted molar refractivity (Wildman–Crippen MR) is 76.9 cm³/mol. The van der Waals surface area contributed by atoms with E-state index in [1.807, 2.05) is 50.2 Å². The van der Waals surface area contributed by atoms with Gasteiger partial charge in [0.2, 0.25) is 0 Å². The molecule has 0 unspecified atom stereocenters. The van der Waals surface area contributed by atoms with Crippen molar-refractivity contribution in [1.82, 2.24) is 0 Å². The number of anilines is 2. The van der Waals surface area contributed by atoms with E-state index in [1.165, 1.54) is 0 Å². The van der Waals surface area contributed by atoms with Gasteiger partial charge in [0.05, 0.1) is 24.4 Å². The van der Waals surface area contributed by atoms with Gasteiger partial charge in [-0.3, -0.25) is 0 Å². The van der Waals surface area contributed by atoms with E-state index in [1.54, 1.807) is 7.11 Å². The molecule has 3 heteroatoms. The summed E-state index contributed by atoms with van der Waals surface area (Å²) in [6, 6.07) is 13.8. The first-order valence-electron chi connectivity index (χ1n) is 6.06. The Hall–Kier alpha value is -2.47. The largest absolute Gasteiger partial charge is 0.495 e. The Kier molecular flexibility index (Phi) is 3.72. The predicted octanol–water partition coefficient (Wildman–Crippen LogP) is 3.93. The van der Waals surface area contributed by atoms with Crippen LogP contribution in [-0.2, 0) is 0 Å². The smallest absolute Gasteiger partial charge is 0.142 e. The number of methoxy groups -OCH3 is 1. The minimum absolute atomic E-state index is 0.696. The van der Waals surface area contributed by atoms with E-state index in [2.05, 4.69) is 11.4 Å². The quantitative estimate of drug-likeness (QED) is 0.900. The van der Waals surface area contributed by atoms with E-state index >= 15 is 0 Å². The van der Waals surface area contributed by atoms with Crippen LogP contribution in [0.4, 0.5) is 11.4 Å². The summed E-state index contributed by atoms with van der Waals surface area (Å²) in [4.78, 5) is 0. The molecule has 96 valence electrons. The molecule has 2 aromatic carbocycles. The third kappa shape index (κ3) is 2.86. The van der Waals surface area contributed by atoms with Gasteiger partial charge >= 0.3 is 0 Å². The zero-order valence-corrected chi connectivity index (χ0v) is 11.3. The topological polar surface area (TPSA) is 45.0 Å². The average Bonchev–Trinajstić information content (AvgIpc) is 2.39. The van der Waals surface area contributed by atoms with Crippen LogP contribution < -0.4 is 10.1 Å². The van der Waals surface area contributed by atoms with Crippen LogP contribution in [0.5, 0.6) is 5.75 Å². The van der Waals surface area contributed by atoms with E-state index in [4.69, 9.17) is 10.00 Å². The average molecular weight is 252 g/mol. The summed E-state index contributed by atoms with van der Waals surface area (Å²) in [6.07, 6.45) is 0. The molecule has 0 heterocycles. The van der Waals surface area contributed by atoms with E-state index in [0.29, 0.717) is 5.56 Å². The van der Waals surface area contributed by atoms with Crippen molar-refractivity contribution >= 4 is 11.4 Å². The van der Waals surface area contributed by atoms with Gasteiger partial charge < -0.3 is 10.1 Å². The van der Waals surface area contributed by atoms with Crippen molar-refractivity contribution in [2.75, 3.05) is 12.4 Å². The Morgan fingerprint density at radius 2 is 1.89 bits per heavy atom. The molecule has 0 amide bonds. The molecule has 0 aliphatic rings. The van der Waals surface area contributed by atoms with E-state index in [0.717, 1.165) is 28.3 Å². The number of nitriles is 1. The van der Waals surface area contributed by atoms with Crippen molar-refractivity contribution in [3.63, 3.8) is 0 Å². The first-order valence-corrected chi connectivity index (χ1v) is 6.06. The molecule has 0 bridgehead atoms. The van der Waals surface area contributed by atoms with Gasteiger partial charge in [-0.15, -0.1) is 0 Å². The molecule has 0 aromatic heterocycles. The molecule has 0 spiro atoms. The summed E-state index contributed by atoms with van der Waals surface area (Å²) in [7, 11) is 1.65. The minimum atomic E-state index is 0.696. The number of aryl methyl sites for hydroxylation is 2. The Labute approximate surface area is 113 Å². The van der Waals surface area contributed by atoms with Gasteiger partial charge in [0, 0.05) is 5.69 Å². The standard InChI is InChI=1S/C16H16N2O/c1-11-4-7-16(19-3)15(8-11)18-14-6-5-13(10-17)12(2)9-14/h4-9,18H,1-3H3. The second-order valence-electron chi connectivity index (χ2n) is 4.47. The summed E-state index contributed by atoms with van der Waals surface area (Å²) >= 11 is 0. The summed E-state index contributed by atoms with van der Waals surface area (Å²) < 4.78 is 5.33. The highest BCUT2D eigenvalue weighted by Crippen LogP contribution is 2.29. The van der Waals surface area contributed by atoms with Crippen LogP contribution in [0.3, 0.4) is 0 Å². The van der Waals surface area contributed by atoms with Crippen molar-refractivity contribution in [2.45, 2.75) is 13.8 Å². The van der Waals surface area contributed by atoms with Crippen molar-refractivity contribution in [1.29, 1.82) is 5.26 Å². The first-order chi connectivity index (χ1) is 9.13. The lowest BCUT2D eigenvalue weighted by Crippen LogP contribution is -1.96. The summed E-state index contributed by atoms with van der Waals surface area (Å²) in [6.45, 7) is 3.96. The van der Waals surface area contributed by atoms with Gasteiger partial charge in [0.25, 0.3) is 0 Å². The van der Waals surface area contributed by atoms with Gasteiger partial charge in [-0.25, -0.2) is 0 Å². The third-order valence-corrected chi connectivity index (χ3v) is 2.98. The monoisotopic (exact) mass is 252 g/mol. The Balaban J connectivity index is 2.33. The minimum Gasteiger partial charge on any atom is -0.495 e. The number of benzene rings is 2. The number of nitrogens with one attached hydrogen (secondary N) is 1. The van der Waals surface area contributed by atoms with E-state index in [9.17, 15) is 0 Å². The Morgan fingerprint density at radius 1 is 1.11 bits per heavy atom. The molecular formula is C16H16N2O. The van der Waals surface area contributed by atoms with Crippen LogP contribution in [0.2, 0.25) is 0 Å². The molecule has 2 rings (SSSR count). The number of ether oxygens (including phenoxy) is 1. The third-order valence-electron chi connectivity index (χ3n) is 2.98. The molecular weight excluding hydrogens is 236 g/mol. The molecule has 0 radical (unpaired) electrons. The molecule has 0 saturated heterocycles. The number of hydrogen-bond acceptors (Lipinski definition) is 3. The molecule has 1 N–H and O–H groups in total. The summed E-state index contributed by atoms with van der Waals surface area (Å²) in [5.41, 5.74) is 4.68. The Bertz CT molecular complexity index is 642. The fraction of sp³-hybridized carbons (Fsp3) is 0.188. The van der Waals surface area contributed by atoms with Crippen molar-refractivity contribution in [3.05, 3.63) is 53.1 Å². The maximum atomic E-state index is 8.93. The number of nitrogens with zero attached hydrogens (tertiary/aromatic N) is 1. The van der Waals surface area contributed by atoms with Crippen LogP contribution in [0.25, 0.3) is 0 Å². The van der Waals surface area contributed by atoms with Gasteiger partial charge in [-0.1, -0.05) is 6.07 Å². The number of hydrogen-bond donors (Lipinski definition) is 1. The molecule has 0 atom stereocenters. The van der Waals surface area contributed by atoms with Gasteiger partial charge in [0.1, 0.15) is 5.75 Å². The zero-order chi connectivity index (χ0) is 13.8. The molecule has 0 aliphatic heterocycles. The van der Waals surface area contributed by atoms with E-state index in [-0.39, 0.29) is 0 Å². The van der Waals surface area contributed by atoms with Crippen LogP contribution in [0.1, 0.15) is 16.7 Å². The molecule has 3 nitrogen and oxygen atoms in total. The van der Waals surface area contributed by atoms with Crippen molar-refractivity contribution < 1.29 is 4.74 Å².